The Labute approximate surface area is 359 Å². The van der Waals surface area contributed by atoms with E-state index in [0.29, 0.717) is 30.5 Å². The number of benzene rings is 2. The summed E-state index contributed by atoms with van der Waals surface area (Å²) in [6.07, 6.45) is 7.98. The van der Waals surface area contributed by atoms with Crippen LogP contribution in [0.25, 0.3) is 0 Å². The normalized spacial score (nSPS) is 32.8. The van der Waals surface area contributed by atoms with Crippen LogP contribution in [0, 0.1) is 28.6 Å². The van der Waals surface area contributed by atoms with Gasteiger partial charge in [0.2, 0.25) is 17.7 Å². The standard InChI is InChI=1S/C47H52N4O11/c1-25(48-38(56)23-51-39(57)14-15-40(51)58)42(59)49-26(2)43(60)50-31-7-5-6-28(19-31)18-27-8-10-29(11-9-27)44-61-37-21-34-33-13-12-30-20-32(53)16-17-45(30,3)41(33)35(54)22-46(34,4)47(37,62-44)36(55)24-52/h5-11,14-17,19-20,25-26,33-35,37,41,44,52,54H,12-13,18,21-24H2,1-4H3,(H,48,56)(H,49,59)(H,50,60)/t25-,26-,33-,34-,35-,37+,41+,44+,45-,46-,47+/m0/s1. The molecule has 5 amide bonds. The molecule has 0 spiro atoms. The maximum Gasteiger partial charge on any atom is 0.254 e. The number of hydrogen-bond donors (Lipinski definition) is 5. The molecule has 0 bridgehead atoms. The van der Waals surface area contributed by atoms with Crippen molar-refractivity contribution in [2.24, 2.45) is 28.6 Å². The molecule has 2 aliphatic heterocycles. The second kappa shape index (κ2) is 16.3. The lowest BCUT2D eigenvalue weighted by Gasteiger charge is -2.59. The molecule has 62 heavy (non-hydrogen) atoms. The average Bonchev–Trinajstić information content (AvgIpc) is 3.86. The number of carbonyl (C=O) groups is 7. The number of imide groups is 1. The van der Waals surface area contributed by atoms with Crippen LogP contribution in [0.5, 0.6) is 0 Å². The van der Waals surface area contributed by atoms with Crippen LogP contribution in [0.15, 0.2) is 84.5 Å². The lowest BCUT2D eigenvalue weighted by atomic mass is 9.46. The molecule has 15 nitrogen and oxygen atoms in total. The third-order valence-electron chi connectivity index (χ3n) is 14.4. The molecule has 2 aromatic carbocycles. The van der Waals surface area contributed by atoms with Crippen molar-refractivity contribution in [3.05, 3.63) is 101 Å². The molecule has 5 N–H and O–H groups in total. The molecule has 0 unspecified atom stereocenters. The summed E-state index contributed by atoms with van der Waals surface area (Å²) >= 11 is 0. The van der Waals surface area contributed by atoms with Gasteiger partial charge in [0, 0.05) is 40.2 Å². The quantitative estimate of drug-likeness (QED) is 0.196. The van der Waals surface area contributed by atoms with Crippen molar-refractivity contribution in [3.8, 4) is 0 Å². The van der Waals surface area contributed by atoms with E-state index in [9.17, 15) is 43.8 Å². The number of amides is 5. The van der Waals surface area contributed by atoms with Crippen LogP contribution in [-0.2, 0) is 49.5 Å². The van der Waals surface area contributed by atoms with E-state index in [1.54, 1.807) is 24.3 Å². The van der Waals surface area contributed by atoms with Gasteiger partial charge in [-0.2, -0.15) is 0 Å². The minimum Gasteiger partial charge on any atom is -0.393 e. The van der Waals surface area contributed by atoms with Gasteiger partial charge in [-0.3, -0.25) is 38.5 Å². The maximum atomic E-state index is 13.9. The minimum atomic E-state index is -1.45. The summed E-state index contributed by atoms with van der Waals surface area (Å²) in [4.78, 5) is 88.6. The largest absolute Gasteiger partial charge is 0.393 e. The molecule has 15 heteroatoms. The number of nitrogens with one attached hydrogen (secondary N) is 3. The zero-order valence-corrected chi connectivity index (χ0v) is 35.1. The van der Waals surface area contributed by atoms with E-state index in [1.165, 1.54) is 13.8 Å². The summed E-state index contributed by atoms with van der Waals surface area (Å²) < 4.78 is 13.4. The van der Waals surface area contributed by atoms with Gasteiger partial charge < -0.3 is 35.6 Å². The molecule has 0 radical (unpaired) electrons. The van der Waals surface area contributed by atoms with Gasteiger partial charge in [-0.15, -0.1) is 0 Å². The lowest BCUT2D eigenvalue weighted by molar-refractivity contribution is -0.201. The zero-order chi connectivity index (χ0) is 44.3. The van der Waals surface area contributed by atoms with Gasteiger partial charge in [0.05, 0.1) is 12.2 Å². The van der Waals surface area contributed by atoms with Crippen LogP contribution >= 0.6 is 0 Å². The molecule has 4 aliphatic carbocycles. The number of nitrogens with zero attached hydrogens (tertiary/aromatic N) is 1. The molecular formula is C47H52N4O11. The van der Waals surface area contributed by atoms with Crippen molar-refractivity contribution >= 4 is 46.8 Å². The average molecular weight is 849 g/mol. The van der Waals surface area contributed by atoms with Gasteiger partial charge in [-0.25, -0.2) is 0 Å². The van der Waals surface area contributed by atoms with E-state index in [2.05, 4.69) is 22.9 Å². The molecule has 8 rings (SSSR count). The number of Topliss-reactive ketones (excluding diaryl/α,β-unsaturated/α-hetero) is 1. The first-order valence-electron chi connectivity index (χ1n) is 21.2. The number of carbonyl (C=O) groups excluding carboxylic acids is 7. The lowest BCUT2D eigenvalue weighted by Crippen LogP contribution is -2.63. The van der Waals surface area contributed by atoms with Crippen molar-refractivity contribution in [2.45, 2.75) is 96.0 Å². The summed E-state index contributed by atoms with van der Waals surface area (Å²) in [7, 11) is 0. The van der Waals surface area contributed by atoms with Crippen molar-refractivity contribution in [3.63, 3.8) is 0 Å². The highest BCUT2D eigenvalue weighted by Crippen LogP contribution is 2.70. The number of ether oxygens (including phenoxy) is 2. The first-order chi connectivity index (χ1) is 29.5. The summed E-state index contributed by atoms with van der Waals surface area (Å²) in [6, 6.07) is 12.9. The Kier molecular flexibility index (Phi) is 11.3. The number of rotatable bonds is 12. The SMILES string of the molecule is C[C@H](NC(=O)CN1C(=O)C=CC1=O)C(=O)N[C@@H](C)C(=O)Nc1cccc(Cc2ccc([C@@H]3O[C@@H]4C[C@H]5[C@@H]6CCC7=CC(=O)C=C[C@]7(C)[C@H]6[C@@H](O)C[C@]5(C)[C@]4(C(=O)CO)O3)cc2)c1. The molecule has 2 aromatic rings. The first kappa shape index (κ1) is 43.1. The molecule has 3 saturated carbocycles. The third-order valence-corrected chi connectivity index (χ3v) is 14.4. The van der Waals surface area contributed by atoms with Crippen molar-refractivity contribution in [1.82, 2.24) is 15.5 Å². The fraction of sp³-hybridized carbons (Fsp3) is 0.468. The number of allylic oxidation sites excluding steroid dienone is 4. The van der Waals surface area contributed by atoms with E-state index in [1.807, 2.05) is 49.4 Å². The van der Waals surface area contributed by atoms with Crippen molar-refractivity contribution in [1.29, 1.82) is 0 Å². The summed E-state index contributed by atoms with van der Waals surface area (Å²) in [5.74, 6) is -3.63. The minimum absolute atomic E-state index is 0.0120. The van der Waals surface area contributed by atoms with E-state index in [4.69, 9.17) is 9.47 Å². The monoisotopic (exact) mass is 848 g/mol. The van der Waals surface area contributed by atoms with Crippen LogP contribution < -0.4 is 16.0 Å². The van der Waals surface area contributed by atoms with Gasteiger partial charge >= 0.3 is 0 Å². The smallest absolute Gasteiger partial charge is 0.254 e. The number of anilines is 1. The van der Waals surface area contributed by atoms with E-state index >= 15 is 0 Å². The molecule has 6 aliphatic rings. The molecule has 4 fully saturated rings. The number of fused-ring (bicyclic) bond motifs is 7. The zero-order valence-electron chi connectivity index (χ0n) is 35.1. The molecule has 0 aromatic heterocycles. The second-order valence-corrected chi connectivity index (χ2v) is 18.1. The van der Waals surface area contributed by atoms with Crippen molar-refractivity contribution in [2.75, 3.05) is 18.5 Å². The number of ketones is 2. The Morgan fingerprint density at radius 3 is 2.34 bits per heavy atom. The van der Waals surface area contributed by atoms with Crippen LogP contribution in [-0.4, -0.2) is 99.3 Å². The maximum absolute atomic E-state index is 13.9. The van der Waals surface area contributed by atoms with Crippen LogP contribution in [0.4, 0.5) is 5.69 Å². The number of aliphatic hydroxyl groups excluding tert-OH is 2. The Bertz CT molecular complexity index is 2300. The third kappa shape index (κ3) is 7.33. The van der Waals surface area contributed by atoms with E-state index in [-0.39, 0.29) is 23.5 Å². The number of hydrogen-bond acceptors (Lipinski definition) is 11. The number of aliphatic hydroxyl groups is 2. The van der Waals surface area contributed by atoms with E-state index < -0.39 is 95.5 Å². The molecular weight excluding hydrogens is 797 g/mol. The second-order valence-electron chi connectivity index (χ2n) is 18.1. The predicted molar refractivity (Wildman–Crippen MR) is 222 cm³/mol. The van der Waals surface area contributed by atoms with Gasteiger partial charge in [-0.05, 0) is 93.2 Å². The fourth-order valence-corrected chi connectivity index (χ4v) is 11.4. The Morgan fingerprint density at radius 1 is 0.919 bits per heavy atom. The van der Waals surface area contributed by atoms with Crippen molar-refractivity contribution < 1.29 is 53.2 Å². The van der Waals surface area contributed by atoms with Crippen LogP contribution in [0.2, 0.25) is 0 Å². The highest BCUT2D eigenvalue weighted by Gasteiger charge is 2.76. The van der Waals surface area contributed by atoms with Gasteiger partial charge in [0.25, 0.3) is 11.8 Å². The summed E-state index contributed by atoms with van der Waals surface area (Å²) in [5.41, 5.74) is 1.38. The predicted octanol–water partition coefficient (Wildman–Crippen LogP) is 2.75. The summed E-state index contributed by atoms with van der Waals surface area (Å²) in [5, 5.41) is 30.1. The highest BCUT2D eigenvalue weighted by atomic mass is 16.7. The topological polar surface area (TPSA) is 218 Å². The summed E-state index contributed by atoms with van der Waals surface area (Å²) in [6.45, 7) is 5.78. The Balaban J connectivity index is 0.883. The van der Waals surface area contributed by atoms with Gasteiger partial charge in [-0.1, -0.05) is 61.9 Å². The fourth-order valence-electron chi connectivity index (χ4n) is 11.4. The Morgan fingerprint density at radius 2 is 1.63 bits per heavy atom. The molecule has 326 valence electrons. The van der Waals surface area contributed by atoms with Gasteiger partial charge in [0.15, 0.2) is 23.5 Å². The van der Waals surface area contributed by atoms with Crippen LogP contribution in [0.3, 0.4) is 0 Å². The van der Waals surface area contributed by atoms with E-state index in [0.717, 1.165) is 46.6 Å². The highest BCUT2D eigenvalue weighted by molar-refractivity contribution is 6.14. The molecule has 2 heterocycles. The molecule has 11 atom stereocenters. The van der Waals surface area contributed by atoms with Crippen LogP contribution in [0.1, 0.15) is 76.4 Å². The Hall–Kier alpha value is -5.61. The van der Waals surface area contributed by atoms with Gasteiger partial charge in [0.1, 0.15) is 25.2 Å². The molecule has 1 saturated heterocycles. The first-order valence-corrected chi connectivity index (χ1v) is 21.2.